The molecular formula is C6H3Cl2IN2O2. The molecule has 0 saturated heterocycles. The standard InChI is InChI=1S/C6H3Cl2IN2O2/c7-2-1-3(8)6(11(12)13)4(9)5(2)10/h1H,10H2. The molecule has 2 N–H and O–H groups in total. The molecule has 0 aliphatic heterocycles. The van der Waals surface area contributed by atoms with Crippen molar-refractivity contribution in [3.05, 3.63) is 29.8 Å². The molecule has 0 unspecified atom stereocenters. The summed E-state index contributed by atoms with van der Waals surface area (Å²) in [6, 6.07) is 1.26. The molecule has 1 aromatic rings. The van der Waals surface area contributed by atoms with E-state index in [0.29, 0.717) is 0 Å². The van der Waals surface area contributed by atoms with E-state index < -0.39 is 4.92 Å². The van der Waals surface area contributed by atoms with Gasteiger partial charge in [-0.25, -0.2) is 0 Å². The molecule has 0 spiro atoms. The van der Waals surface area contributed by atoms with Crippen molar-refractivity contribution < 1.29 is 4.92 Å². The molecule has 0 atom stereocenters. The number of anilines is 1. The third-order valence-electron chi connectivity index (χ3n) is 1.36. The summed E-state index contributed by atoms with van der Waals surface area (Å²) >= 11 is 13.0. The molecule has 4 nitrogen and oxygen atoms in total. The molecule has 0 aromatic heterocycles. The summed E-state index contributed by atoms with van der Waals surface area (Å²) in [6.45, 7) is 0. The lowest BCUT2D eigenvalue weighted by molar-refractivity contribution is -0.385. The van der Waals surface area contributed by atoms with Gasteiger partial charge in [0.25, 0.3) is 0 Å². The number of nitrogens with two attached hydrogens (primary N) is 1. The highest BCUT2D eigenvalue weighted by atomic mass is 127. The van der Waals surface area contributed by atoms with Gasteiger partial charge in [-0.05, 0) is 28.7 Å². The lowest BCUT2D eigenvalue weighted by atomic mass is 10.3. The molecule has 0 fully saturated rings. The van der Waals surface area contributed by atoms with Crippen molar-refractivity contribution in [2.75, 3.05) is 5.73 Å². The van der Waals surface area contributed by atoms with Crippen molar-refractivity contribution in [3.63, 3.8) is 0 Å². The van der Waals surface area contributed by atoms with Crippen molar-refractivity contribution in [3.8, 4) is 0 Å². The summed E-state index contributed by atoms with van der Waals surface area (Å²) in [7, 11) is 0. The van der Waals surface area contributed by atoms with Gasteiger partial charge in [-0.2, -0.15) is 0 Å². The molecule has 1 rings (SSSR count). The van der Waals surface area contributed by atoms with Crippen molar-refractivity contribution in [2.24, 2.45) is 0 Å². The lowest BCUT2D eigenvalue weighted by Gasteiger charge is -2.03. The number of nitrogen functional groups attached to an aromatic ring is 1. The van der Waals surface area contributed by atoms with Gasteiger partial charge in [0.2, 0.25) is 0 Å². The van der Waals surface area contributed by atoms with Gasteiger partial charge in [-0.1, -0.05) is 23.2 Å². The Kier molecular flexibility index (Phi) is 3.20. The zero-order valence-electron chi connectivity index (χ0n) is 6.05. The minimum absolute atomic E-state index is 0.00593. The Morgan fingerprint density at radius 2 is 2.00 bits per heavy atom. The Balaban J connectivity index is 3.53. The molecule has 0 aliphatic rings. The zero-order chi connectivity index (χ0) is 10.2. The second kappa shape index (κ2) is 3.85. The van der Waals surface area contributed by atoms with Gasteiger partial charge >= 0.3 is 5.69 Å². The average Bonchev–Trinajstić information content (AvgIpc) is 1.99. The Labute approximate surface area is 97.3 Å². The van der Waals surface area contributed by atoms with Crippen LogP contribution in [0.3, 0.4) is 0 Å². The van der Waals surface area contributed by atoms with Crippen molar-refractivity contribution in [2.45, 2.75) is 0 Å². The number of hydrogen-bond donors (Lipinski definition) is 1. The van der Waals surface area contributed by atoms with E-state index in [1.807, 2.05) is 0 Å². The normalized spacial score (nSPS) is 10.1. The van der Waals surface area contributed by atoms with Crippen LogP contribution in [0.1, 0.15) is 0 Å². The molecule has 0 heterocycles. The van der Waals surface area contributed by atoms with E-state index in [2.05, 4.69) is 0 Å². The maximum Gasteiger partial charge on any atom is 0.303 e. The number of rotatable bonds is 1. The van der Waals surface area contributed by atoms with Crippen LogP contribution >= 0.6 is 45.8 Å². The Bertz CT molecular complexity index is 383. The van der Waals surface area contributed by atoms with Crippen LogP contribution in [0.2, 0.25) is 10.0 Å². The largest absolute Gasteiger partial charge is 0.396 e. The average molecular weight is 333 g/mol. The first-order chi connectivity index (χ1) is 5.95. The Morgan fingerprint density at radius 1 is 1.46 bits per heavy atom. The van der Waals surface area contributed by atoms with Crippen molar-refractivity contribution >= 4 is 57.2 Å². The van der Waals surface area contributed by atoms with Gasteiger partial charge in [0, 0.05) is 0 Å². The fraction of sp³-hybridized carbons (Fsp3) is 0. The molecule has 70 valence electrons. The summed E-state index contributed by atoms with van der Waals surface area (Å²) in [5, 5.41) is 10.7. The van der Waals surface area contributed by atoms with Crippen LogP contribution in [0.25, 0.3) is 0 Å². The molecule has 0 radical (unpaired) electrons. The Hall–Kier alpha value is -0.270. The predicted octanol–water partition coefficient (Wildman–Crippen LogP) is 3.09. The smallest absolute Gasteiger partial charge is 0.303 e. The minimum atomic E-state index is -0.587. The van der Waals surface area contributed by atoms with Crippen LogP contribution in [-0.2, 0) is 0 Å². The Morgan fingerprint density at radius 3 is 2.46 bits per heavy atom. The molecule has 0 amide bonds. The summed E-state index contributed by atoms with van der Waals surface area (Å²) in [4.78, 5) is 9.94. The van der Waals surface area contributed by atoms with E-state index in [-0.39, 0.29) is 25.0 Å². The van der Waals surface area contributed by atoms with Gasteiger partial charge in [-0.3, -0.25) is 10.1 Å². The first-order valence-electron chi connectivity index (χ1n) is 3.02. The molecule has 0 bridgehead atoms. The topological polar surface area (TPSA) is 69.2 Å². The monoisotopic (exact) mass is 332 g/mol. The quantitative estimate of drug-likeness (QED) is 0.372. The van der Waals surface area contributed by atoms with Crippen LogP contribution < -0.4 is 5.73 Å². The van der Waals surface area contributed by atoms with Gasteiger partial charge in [0.15, 0.2) is 0 Å². The molecule has 13 heavy (non-hydrogen) atoms. The van der Waals surface area contributed by atoms with Crippen molar-refractivity contribution in [1.29, 1.82) is 0 Å². The van der Waals surface area contributed by atoms with E-state index in [1.165, 1.54) is 6.07 Å². The van der Waals surface area contributed by atoms with Crippen LogP contribution in [-0.4, -0.2) is 4.92 Å². The van der Waals surface area contributed by atoms with E-state index in [1.54, 1.807) is 22.6 Å². The molecule has 1 aromatic carbocycles. The zero-order valence-corrected chi connectivity index (χ0v) is 9.72. The van der Waals surface area contributed by atoms with Crippen LogP contribution in [0.15, 0.2) is 6.07 Å². The molecule has 0 saturated carbocycles. The van der Waals surface area contributed by atoms with E-state index in [4.69, 9.17) is 28.9 Å². The first-order valence-corrected chi connectivity index (χ1v) is 4.86. The maximum absolute atomic E-state index is 10.5. The number of nitrogens with zero attached hydrogens (tertiary/aromatic N) is 1. The van der Waals surface area contributed by atoms with E-state index >= 15 is 0 Å². The first kappa shape index (κ1) is 10.8. The highest BCUT2D eigenvalue weighted by molar-refractivity contribution is 14.1. The molecule has 7 heteroatoms. The van der Waals surface area contributed by atoms with E-state index in [0.717, 1.165) is 0 Å². The lowest BCUT2D eigenvalue weighted by Crippen LogP contribution is -1.98. The SMILES string of the molecule is Nc1c(Cl)cc(Cl)c([N+](=O)[O-])c1I. The van der Waals surface area contributed by atoms with Gasteiger partial charge in [0.1, 0.15) is 8.59 Å². The third-order valence-corrected chi connectivity index (χ3v) is 3.06. The van der Waals surface area contributed by atoms with Crippen LogP contribution in [0, 0.1) is 13.7 Å². The summed E-state index contributed by atoms with van der Waals surface area (Å²) in [5.74, 6) is 0. The highest BCUT2D eigenvalue weighted by Crippen LogP contribution is 2.38. The minimum Gasteiger partial charge on any atom is -0.396 e. The number of benzene rings is 1. The number of nitro groups is 1. The van der Waals surface area contributed by atoms with Gasteiger partial charge in [-0.15, -0.1) is 0 Å². The number of nitro benzene ring substituents is 1. The van der Waals surface area contributed by atoms with E-state index in [9.17, 15) is 10.1 Å². The van der Waals surface area contributed by atoms with Crippen LogP contribution in [0.4, 0.5) is 11.4 Å². The van der Waals surface area contributed by atoms with Crippen molar-refractivity contribution in [1.82, 2.24) is 0 Å². The molecule has 0 aliphatic carbocycles. The second-order valence-corrected chi connectivity index (χ2v) is 4.07. The highest BCUT2D eigenvalue weighted by Gasteiger charge is 2.21. The second-order valence-electron chi connectivity index (χ2n) is 2.17. The summed E-state index contributed by atoms with van der Waals surface area (Å²) in [5.41, 5.74) is 5.46. The van der Waals surface area contributed by atoms with Crippen LogP contribution in [0.5, 0.6) is 0 Å². The summed E-state index contributed by atoms with van der Waals surface area (Å²) in [6.07, 6.45) is 0. The fourth-order valence-electron chi connectivity index (χ4n) is 0.762. The van der Waals surface area contributed by atoms with Gasteiger partial charge < -0.3 is 5.73 Å². The number of halogens is 3. The maximum atomic E-state index is 10.5. The molecular weight excluding hydrogens is 330 g/mol. The fourth-order valence-corrected chi connectivity index (χ4v) is 2.39. The summed E-state index contributed by atoms with van der Waals surface area (Å²) < 4.78 is 0.264. The number of hydrogen-bond acceptors (Lipinski definition) is 3. The van der Waals surface area contributed by atoms with Gasteiger partial charge in [0.05, 0.1) is 15.6 Å². The third kappa shape index (κ3) is 1.97. The predicted molar refractivity (Wildman–Crippen MR) is 60.2 cm³/mol.